The number of hydrogen-bond acceptors (Lipinski definition) is 1. The molecule has 1 N–H and O–H groups in total. The molecule has 0 radical (unpaired) electrons. The van der Waals surface area contributed by atoms with Crippen LogP contribution in [0.15, 0.2) is 12.3 Å². The Kier molecular flexibility index (Phi) is 8.30. The van der Waals surface area contributed by atoms with Crippen LogP contribution in [-0.2, 0) is 0 Å². The number of allylic oxidation sites excluding steroid dienone is 1. The first-order valence-electron chi connectivity index (χ1n) is 5.12. The Balaban J connectivity index is 3.08. The van der Waals surface area contributed by atoms with E-state index >= 15 is 0 Å². The van der Waals surface area contributed by atoms with E-state index in [1.807, 2.05) is 6.08 Å². The van der Waals surface area contributed by atoms with Crippen LogP contribution in [0.2, 0.25) is 0 Å². The molecule has 0 aliphatic heterocycles. The van der Waals surface area contributed by atoms with Crippen molar-refractivity contribution in [2.24, 2.45) is 5.92 Å². The fourth-order valence-electron chi connectivity index (χ4n) is 1.31. The van der Waals surface area contributed by atoms with Gasteiger partial charge in [0.15, 0.2) is 0 Å². The van der Waals surface area contributed by atoms with Gasteiger partial charge in [0.05, 0.1) is 6.26 Å². The predicted octanol–water partition coefficient (Wildman–Crippen LogP) is 4.05. The zero-order chi connectivity index (χ0) is 9.23. The molecule has 0 aliphatic rings. The van der Waals surface area contributed by atoms with E-state index in [2.05, 4.69) is 13.8 Å². The molecular weight excluding hydrogens is 148 g/mol. The van der Waals surface area contributed by atoms with Crippen LogP contribution in [-0.4, -0.2) is 5.11 Å². The zero-order valence-corrected chi connectivity index (χ0v) is 8.42. The van der Waals surface area contributed by atoms with E-state index in [9.17, 15) is 0 Å². The molecule has 12 heavy (non-hydrogen) atoms. The van der Waals surface area contributed by atoms with Crippen molar-refractivity contribution in [3.8, 4) is 0 Å². The molecule has 0 aromatic rings. The Morgan fingerprint density at radius 2 is 1.83 bits per heavy atom. The number of rotatable bonds is 7. The van der Waals surface area contributed by atoms with Gasteiger partial charge in [-0.05, 0) is 18.4 Å². The minimum atomic E-state index is 0.539. The maximum Gasteiger partial charge on any atom is 0.0754 e. The number of aliphatic hydroxyl groups excluding tert-OH is 1. The lowest BCUT2D eigenvalue weighted by atomic mass is 10.0. The van der Waals surface area contributed by atoms with E-state index in [-0.39, 0.29) is 0 Å². The molecule has 1 atom stereocenters. The van der Waals surface area contributed by atoms with Crippen molar-refractivity contribution in [1.29, 1.82) is 0 Å². The van der Waals surface area contributed by atoms with Crippen molar-refractivity contribution in [3.63, 3.8) is 0 Å². The predicted molar refractivity (Wildman–Crippen MR) is 54.3 cm³/mol. The third-order valence-electron chi connectivity index (χ3n) is 2.18. The van der Waals surface area contributed by atoms with Gasteiger partial charge >= 0.3 is 0 Å². The van der Waals surface area contributed by atoms with Gasteiger partial charge in [0.25, 0.3) is 0 Å². The molecule has 72 valence electrons. The van der Waals surface area contributed by atoms with Crippen molar-refractivity contribution in [2.75, 3.05) is 0 Å². The molecule has 0 saturated carbocycles. The van der Waals surface area contributed by atoms with E-state index in [4.69, 9.17) is 5.11 Å². The van der Waals surface area contributed by atoms with Gasteiger partial charge in [0.1, 0.15) is 0 Å². The van der Waals surface area contributed by atoms with Crippen LogP contribution in [0.4, 0.5) is 0 Å². The molecule has 0 amide bonds. The SMILES string of the molecule is CCCCCCC[C@H](C)C=CO. The topological polar surface area (TPSA) is 20.2 Å². The lowest BCUT2D eigenvalue weighted by Gasteiger charge is -2.04. The molecule has 0 bridgehead atoms. The number of hydrogen-bond donors (Lipinski definition) is 1. The highest BCUT2D eigenvalue weighted by molar-refractivity contribution is 4.78. The van der Waals surface area contributed by atoms with E-state index in [0.29, 0.717) is 5.92 Å². The second kappa shape index (κ2) is 8.63. The highest BCUT2D eigenvalue weighted by atomic mass is 16.2. The Morgan fingerprint density at radius 1 is 1.17 bits per heavy atom. The monoisotopic (exact) mass is 170 g/mol. The van der Waals surface area contributed by atoms with Crippen molar-refractivity contribution in [1.82, 2.24) is 0 Å². The first kappa shape index (κ1) is 11.5. The zero-order valence-electron chi connectivity index (χ0n) is 8.42. The summed E-state index contributed by atoms with van der Waals surface area (Å²) in [5, 5.41) is 8.50. The molecule has 0 aromatic heterocycles. The summed E-state index contributed by atoms with van der Waals surface area (Å²) in [5.74, 6) is 0.539. The quantitative estimate of drug-likeness (QED) is 0.451. The van der Waals surface area contributed by atoms with Gasteiger partial charge < -0.3 is 5.11 Å². The van der Waals surface area contributed by atoms with Gasteiger partial charge in [-0.25, -0.2) is 0 Å². The molecule has 0 unspecified atom stereocenters. The van der Waals surface area contributed by atoms with Gasteiger partial charge in [-0.1, -0.05) is 46.0 Å². The standard InChI is InChI=1S/C11H22O/c1-3-4-5-6-7-8-11(2)9-10-12/h9-12H,3-8H2,1-2H3/t11-/m0/s1. The van der Waals surface area contributed by atoms with Crippen LogP contribution in [0.1, 0.15) is 52.4 Å². The van der Waals surface area contributed by atoms with Crippen LogP contribution in [0.5, 0.6) is 0 Å². The molecule has 0 heterocycles. The van der Waals surface area contributed by atoms with Crippen molar-refractivity contribution >= 4 is 0 Å². The third-order valence-corrected chi connectivity index (χ3v) is 2.18. The summed E-state index contributed by atoms with van der Waals surface area (Å²) < 4.78 is 0. The summed E-state index contributed by atoms with van der Waals surface area (Å²) in [7, 11) is 0. The maximum absolute atomic E-state index is 8.50. The molecule has 0 fully saturated rings. The Morgan fingerprint density at radius 3 is 2.42 bits per heavy atom. The van der Waals surface area contributed by atoms with E-state index < -0.39 is 0 Å². The van der Waals surface area contributed by atoms with Gasteiger partial charge in [-0.3, -0.25) is 0 Å². The summed E-state index contributed by atoms with van der Waals surface area (Å²) >= 11 is 0. The second-order valence-electron chi connectivity index (χ2n) is 3.52. The smallest absolute Gasteiger partial charge is 0.0754 e. The molecule has 1 nitrogen and oxygen atoms in total. The Hall–Kier alpha value is -0.460. The van der Waals surface area contributed by atoms with Crippen LogP contribution in [0.3, 0.4) is 0 Å². The minimum Gasteiger partial charge on any atom is -0.516 e. The van der Waals surface area contributed by atoms with Gasteiger partial charge in [0.2, 0.25) is 0 Å². The highest BCUT2D eigenvalue weighted by Crippen LogP contribution is 2.11. The average Bonchev–Trinajstić information content (AvgIpc) is 2.05. The van der Waals surface area contributed by atoms with Gasteiger partial charge in [0, 0.05) is 0 Å². The highest BCUT2D eigenvalue weighted by Gasteiger charge is 1.96. The van der Waals surface area contributed by atoms with Gasteiger partial charge in [-0.2, -0.15) is 0 Å². The van der Waals surface area contributed by atoms with Crippen molar-refractivity contribution in [2.45, 2.75) is 52.4 Å². The Bertz CT molecular complexity index is 108. The van der Waals surface area contributed by atoms with Crippen LogP contribution < -0.4 is 0 Å². The molecule has 0 aromatic carbocycles. The summed E-state index contributed by atoms with van der Waals surface area (Å²) in [5.41, 5.74) is 0. The fraction of sp³-hybridized carbons (Fsp3) is 0.818. The maximum atomic E-state index is 8.50. The Labute approximate surface area is 76.5 Å². The van der Waals surface area contributed by atoms with E-state index in [0.717, 1.165) is 6.26 Å². The fourth-order valence-corrected chi connectivity index (χ4v) is 1.31. The second-order valence-corrected chi connectivity index (χ2v) is 3.52. The van der Waals surface area contributed by atoms with Crippen LogP contribution in [0, 0.1) is 5.92 Å². The normalized spacial score (nSPS) is 13.8. The summed E-state index contributed by atoms with van der Waals surface area (Å²) in [6.07, 6.45) is 10.9. The minimum absolute atomic E-state index is 0.539. The number of aliphatic hydroxyl groups is 1. The van der Waals surface area contributed by atoms with Crippen LogP contribution in [0.25, 0.3) is 0 Å². The van der Waals surface area contributed by atoms with Gasteiger partial charge in [-0.15, -0.1) is 0 Å². The molecule has 0 saturated heterocycles. The molecule has 1 heteroatoms. The lowest BCUT2D eigenvalue weighted by Crippen LogP contribution is -1.89. The first-order valence-corrected chi connectivity index (χ1v) is 5.12. The van der Waals surface area contributed by atoms with Crippen molar-refractivity contribution in [3.05, 3.63) is 12.3 Å². The molecule has 0 spiro atoms. The van der Waals surface area contributed by atoms with Crippen molar-refractivity contribution < 1.29 is 5.11 Å². The lowest BCUT2D eigenvalue weighted by molar-refractivity contribution is 0.459. The molecule has 0 aliphatic carbocycles. The molecular formula is C11H22O. The van der Waals surface area contributed by atoms with E-state index in [1.165, 1.54) is 38.5 Å². The largest absolute Gasteiger partial charge is 0.516 e. The van der Waals surface area contributed by atoms with Crippen LogP contribution >= 0.6 is 0 Å². The summed E-state index contributed by atoms with van der Waals surface area (Å²) in [6, 6.07) is 0. The third kappa shape index (κ3) is 7.64. The number of unbranched alkanes of at least 4 members (excludes halogenated alkanes) is 4. The summed E-state index contributed by atoms with van der Waals surface area (Å²) in [4.78, 5) is 0. The van der Waals surface area contributed by atoms with E-state index in [1.54, 1.807) is 0 Å². The average molecular weight is 170 g/mol. The molecule has 0 rings (SSSR count). The first-order chi connectivity index (χ1) is 5.81. The summed E-state index contributed by atoms with van der Waals surface area (Å²) in [6.45, 7) is 4.38.